The number of nitrogens with two attached hydrogens (primary N) is 1. The third-order valence-electron chi connectivity index (χ3n) is 4.89. The third kappa shape index (κ3) is 7.41. The zero-order valence-corrected chi connectivity index (χ0v) is 18.5. The molecule has 2 aromatic rings. The molecule has 1 amide bonds. The highest BCUT2D eigenvalue weighted by molar-refractivity contribution is 5.97. The Labute approximate surface area is 189 Å². The lowest BCUT2D eigenvalue weighted by atomic mass is 9.95. The Morgan fingerprint density at radius 1 is 1.06 bits per heavy atom. The van der Waals surface area contributed by atoms with Gasteiger partial charge in [0.15, 0.2) is 0 Å². The molecular weight excluding hydrogens is 414 g/mol. The summed E-state index contributed by atoms with van der Waals surface area (Å²) in [5.41, 5.74) is 8.04. The maximum atomic E-state index is 12.4. The van der Waals surface area contributed by atoms with Crippen molar-refractivity contribution in [3.63, 3.8) is 0 Å². The van der Waals surface area contributed by atoms with Gasteiger partial charge in [0.2, 0.25) is 0 Å². The maximum Gasteiger partial charge on any atom is 0.328 e. The molecule has 0 aliphatic heterocycles. The number of hydrogen-bond acceptors (Lipinski definition) is 4. The fourth-order valence-corrected chi connectivity index (χ4v) is 2.89. The molecule has 1 saturated carbocycles. The average molecular weight is 442 g/mol. The van der Waals surface area contributed by atoms with Gasteiger partial charge in [-0.15, -0.1) is 12.4 Å². The fourth-order valence-electron chi connectivity index (χ4n) is 2.89. The van der Waals surface area contributed by atoms with E-state index in [0.717, 1.165) is 17.7 Å². The van der Waals surface area contributed by atoms with Gasteiger partial charge in [-0.2, -0.15) is 0 Å². The summed E-state index contributed by atoms with van der Waals surface area (Å²) in [7, 11) is 0. The van der Waals surface area contributed by atoms with E-state index in [0.29, 0.717) is 11.6 Å². The SMILES string of the molecule is CC(C)(N)[C@H](NC(=O)c1ccc(C#Cc2ccc(CNC3CC3)cc2)cc1)C(=O)O.Cl. The van der Waals surface area contributed by atoms with E-state index in [2.05, 4.69) is 34.6 Å². The van der Waals surface area contributed by atoms with Crippen LogP contribution in [0.5, 0.6) is 0 Å². The predicted octanol–water partition coefficient (Wildman–Crippen LogP) is 2.68. The minimum atomic E-state index is -1.19. The van der Waals surface area contributed by atoms with Crippen molar-refractivity contribution >= 4 is 24.3 Å². The molecule has 0 bridgehead atoms. The van der Waals surface area contributed by atoms with Gasteiger partial charge in [-0.1, -0.05) is 24.0 Å². The summed E-state index contributed by atoms with van der Waals surface area (Å²) in [6.45, 7) is 3.99. The van der Waals surface area contributed by atoms with Crippen LogP contribution in [0.4, 0.5) is 0 Å². The van der Waals surface area contributed by atoms with E-state index < -0.39 is 23.5 Å². The van der Waals surface area contributed by atoms with E-state index in [1.165, 1.54) is 18.4 Å². The lowest BCUT2D eigenvalue weighted by Gasteiger charge is -2.27. The quantitative estimate of drug-likeness (QED) is 0.494. The molecule has 0 aromatic heterocycles. The van der Waals surface area contributed by atoms with Crippen LogP contribution in [0.15, 0.2) is 48.5 Å². The first kappa shape index (κ1) is 24.4. The lowest BCUT2D eigenvalue weighted by molar-refractivity contribution is -0.140. The van der Waals surface area contributed by atoms with Crippen LogP contribution in [0, 0.1) is 11.8 Å². The van der Waals surface area contributed by atoms with E-state index in [4.69, 9.17) is 5.73 Å². The number of hydrogen-bond donors (Lipinski definition) is 4. The minimum Gasteiger partial charge on any atom is -0.480 e. The fraction of sp³-hybridized carbons (Fsp3) is 0.333. The molecule has 1 atom stereocenters. The van der Waals surface area contributed by atoms with Crippen molar-refractivity contribution in [1.29, 1.82) is 0 Å². The largest absolute Gasteiger partial charge is 0.480 e. The number of carboxylic acid groups (broad SMARTS) is 1. The Bertz CT molecular complexity index is 966. The summed E-state index contributed by atoms with van der Waals surface area (Å²) in [5.74, 6) is 4.53. The Hall–Kier alpha value is -2.85. The Kier molecular flexibility index (Phi) is 8.23. The van der Waals surface area contributed by atoms with Crippen molar-refractivity contribution in [2.45, 2.75) is 50.9 Å². The number of halogens is 1. The number of carbonyl (C=O) groups excluding carboxylic acids is 1. The van der Waals surface area contributed by atoms with Gasteiger partial charge in [0.05, 0.1) is 0 Å². The molecular formula is C24H28ClN3O3. The molecule has 7 heteroatoms. The summed E-state index contributed by atoms with van der Waals surface area (Å²) >= 11 is 0. The number of carbonyl (C=O) groups is 2. The van der Waals surface area contributed by atoms with Gasteiger partial charge in [0.1, 0.15) is 6.04 Å². The molecule has 0 unspecified atom stereocenters. The standard InChI is InChI=1S/C24H27N3O3.ClH/c1-24(2,25)21(23(29)30)27-22(28)19-11-9-17(10-12-19)4-3-16-5-7-18(8-6-16)15-26-20-13-14-20;/h5-12,20-21,26H,13-15,25H2,1-2H3,(H,27,28)(H,29,30);1H/t21-;/m1./s1. The van der Waals surface area contributed by atoms with Crippen molar-refractivity contribution < 1.29 is 14.7 Å². The number of benzene rings is 2. The first-order valence-corrected chi connectivity index (χ1v) is 9.99. The van der Waals surface area contributed by atoms with Crippen molar-refractivity contribution in [2.75, 3.05) is 0 Å². The minimum absolute atomic E-state index is 0. The second-order valence-corrected chi connectivity index (χ2v) is 8.25. The summed E-state index contributed by atoms with van der Waals surface area (Å²) in [6, 6.07) is 14.4. The molecule has 0 heterocycles. The number of nitrogens with one attached hydrogen (secondary N) is 2. The van der Waals surface area contributed by atoms with Crippen LogP contribution in [0.2, 0.25) is 0 Å². The molecule has 1 aliphatic carbocycles. The average Bonchev–Trinajstić information content (AvgIpc) is 3.53. The number of carboxylic acids is 1. The van der Waals surface area contributed by atoms with Gasteiger partial charge in [0.25, 0.3) is 5.91 Å². The van der Waals surface area contributed by atoms with Gasteiger partial charge >= 0.3 is 5.97 Å². The van der Waals surface area contributed by atoms with Gasteiger partial charge < -0.3 is 21.5 Å². The Morgan fingerprint density at radius 2 is 1.58 bits per heavy atom. The van der Waals surface area contributed by atoms with Gasteiger partial charge in [0, 0.05) is 34.8 Å². The van der Waals surface area contributed by atoms with Crippen molar-refractivity contribution in [3.8, 4) is 11.8 Å². The van der Waals surface area contributed by atoms with Gasteiger partial charge in [-0.05, 0) is 68.7 Å². The first-order chi connectivity index (χ1) is 14.2. The highest BCUT2D eigenvalue weighted by Gasteiger charge is 2.33. The van der Waals surface area contributed by atoms with Gasteiger partial charge in [-0.25, -0.2) is 4.79 Å². The summed E-state index contributed by atoms with van der Waals surface area (Å²) in [4.78, 5) is 23.7. The molecule has 1 aliphatic rings. The molecule has 2 aromatic carbocycles. The van der Waals surface area contributed by atoms with Crippen LogP contribution in [-0.4, -0.2) is 34.6 Å². The first-order valence-electron chi connectivity index (χ1n) is 9.99. The Balaban J connectivity index is 0.00000341. The summed E-state index contributed by atoms with van der Waals surface area (Å²) in [5, 5.41) is 15.2. The second kappa shape index (κ2) is 10.5. The molecule has 164 valence electrons. The number of amides is 1. The second-order valence-electron chi connectivity index (χ2n) is 8.25. The monoisotopic (exact) mass is 441 g/mol. The summed E-state index contributed by atoms with van der Waals surface area (Å²) in [6.07, 6.45) is 2.55. The Morgan fingerprint density at radius 3 is 2.03 bits per heavy atom. The molecule has 5 N–H and O–H groups in total. The highest BCUT2D eigenvalue weighted by Crippen LogP contribution is 2.19. The van der Waals surface area contributed by atoms with Crippen LogP contribution in [-0.2, 0) is 11.3 Å². The molecule has 0 saturated heterocycles. The van der Waals surface area contributed by atoms with Crippen LogP contribution in [0.1, 0.15) is 53.7 Å². The smallest absolute Gasteiger partial charge is 0.328 e. The van der Waals surface area contributed by atoms with E-state index in [-0.39, 0.29) is 12.4 Å². The van der Waals surface area contributed by atoms with Crippen molar-refractivity contribution in [3.05, 3.63) is 70.8 Å². The number of aliphatic carboxylic acids is 1. The van der Waals surface area contributed by atoms with Crippen molar-refractivity contribution in [1.82, 2.24) is 10.6 Å². The molecule has 3 rings (SSSR count). The van der Waals surface area contributed by atoms with Crippen LogP contribution < -0.4 is 16.4 Å². The zero-order valence-electron chi connectivity index (χ0n) is 17.6. The van der Waals surface area contributed by atoms with Crippen molar-refractivity contribution in [2.24, 2.45) is 5.73 Å². The number of rotatable bonds is 7. The van der Waals surface area contributed by atoms with Crippen LogP contribution in [0.25, 0.3) is 0 Å². The van der Waals surface area contributed by atoms with Gasteiger partial charge in [-0.3, -0.25) is 4.79 Å². The molecule has 0 spiro atoms. The summed E-state index contributed by atoms with van der Waals surface area (Å²) < 4.78 is 0. The maximum absolute atomic E-state index is 12.4. The van der Waals surface area contributed by atoms with E-state index in [1.54, 1.807) is 38.1 Å². The normalized spacial score (nSPS) is 13.9. The molecule has 1 fully saturated rings. The van der Waals surface area contributed by atoms with E-state index >= 15 is 0 Å². The third-order valence-corrected chi connectivity index (χ3v) is 4.89. The zero-order chi connectivity index (χ0) is 21.7. The topological polar surface area (TPSA) is 104 Å². The van der Waals surface area contributed by atoms with Crippen LogP contribution in [0.3, 0.4) is 0 Å². The molecule has 0 radical (unpaired) electrons. The molecule has 31 heavy (non-hydrogen) atoms. The van der Waals surface area contributed by atoms with E-state index in [1.807, 2.05) is 12.1 Å². The lowest BCUT2D eigenvalue weighted by Crippen LogP contribution is -2.58. The van der Waals surface area contributed by atoms with Crippen LogP contribution >= 0.6 is 12.4 Å². The molecule has 6 nitrogen and oxygen atoms in total. The highest BCUT2D eigenvalue weighted by atomic mass is 35.5. The predicted molar refractivity (Wildman–Crippen MR) is 123 cm³/mol. The van der Waals surface area contributed by atoms with E-state index in [9.17, 15) is 14.7 Å².